The Hall–Kier alpha value is -6.75. The fraction of sp³-hybridized carbons (Fsp3) is 0. The summed E-state index contributed by atoms with van der Waals surface area (Å²) in [6.07, 6.45) is 0. The molecule has 0 saturated carbocycles. The van der Waals surface area contributed by atoms with Crippen molar-refractivity contribution in [1.82, 2.24) is 4.98 Å². The Morgan fingerprint density at radius 2 is 1.06 bits per heavy atom. The number of benzene rings is 8. The molecule has 4 heteroatoms. The van der Waals surface area contributed by atoms with Gasteiger partial charge in [0.05, 0.1) is 16.9 Å². The molecule has 0 spiro atoms. The number of nitrogens with zero attached hydrogens (tertiary/aromatic N) is 2. The third kappa shape index (κ3) is 4.77. The van der Waals surface area contributed by atoms with E-state index in [0.717, 1.165) is 61.2 Å². The molecule has 3 nitrogen and oxygen atoms in total. The molecule has 0 bridgehead atoms. The van der Waals surface area contributed by atoms with Gasteiger partial charge in [-0.25, -0.2) is 4.98 Å². The van der Waals surface area contributed by atoms with Gasteiger partial charge in [0.1, 0.15) is 5.58 Å². The number of para-hydroxylation sites is 3. The van der Waals surface area contributed by atoms with Crippen LogP contribution in [-0.4, -0.2) is 4.98 Å². The van der Waals surface area contributed by atoms with Crippen LogP contribution in [-0.2, 0) is 0 Å². The molecule has 11 rings (SSSR count). The number of fused-ring (bicyclic) bond motifs is 10. The van der Waals surface area contributed by atoms with Gasteiger partial charge in [0.2, 0.25) is 0 Å². The van der Waals surface area contributed by atoms with Crippen molar-refractivity contribution in [2.45, 2.75) is 0 Å². The van der Waals surface area contributed by atoms with Crippen molar-refractivity contribution in [3.05, 3.63) is 182 Å². The first-order valence-corrected chi connectivity index (χ1v) is 18.7. The highest BCUT2D eigenvalue weighted by Crippen LogP contribution is 2.45. The summed E-state index contributed by atoms with van der Waals surface area (Å²) in [6, 6.07) is 64.7. The van der Waals surface area contributed by atoms with E-state index in [-0.39, 0.29) is 0 Å². The van der Waals surface area contributed by atoms with Crippen LogP contribution in [0.5, 0.6) is 0 Å². The van der Waals surface area contributed by atoms with Gasteiger partial charge >= 0.3 is 0 Å². The van der Waals surface area contributed by atoms with Crippen LogP contribution in [0.15, 0.2) is 186 Å². The van der Waals surface area contributed by atoms with E-state index in [1.807, 2.05) is 23.5 Å². The summed E-state index contributed by atoms with van der Waals surface area (Å²) in [6.45, 7) is 0. The summed E-state index contributed by atoms with van der Waals surface area (Å²) in [5.41, 5.74) is 10.2. The average molecular weight is 695 g/mol. The lowest BCUT2D eigenvalue weighted by molar-refractivity contribution is 0.669. The minimum atomic E-state index is 0.861. The minimum absolute atomic E-state index is 0.861. The molecule has 11 aromatic rings. The van der Waals surface area contributed by atoms with E-state index < -0.39 is 0 Å². The Balaban J connectivity index is 1.09. The standard InChI is InChI=1S/C49H30N2OS/c1-2-11-31(12-3-1)32-21-25-34(26-22-32)51(43-18-10-16-38-36-13-5-8-19-44(36)52-48(38)43)35-27-23-33(24-28-35)47-41-30-29-39-37-14-6-9-20-45(37)53-49(39)46(41)40-15-4-7-17-42(40)50-47/h1-30H. The first kappa shape index (κ1) is 29.9. The highest BCUT2D eigenvalue weighted by molar-refractivity contribution is 7.26. The maximum Gasteiger partial charge on any atom is 0.159 e. The molecule has 0 amide bonds. The summed E-state index contributed by atoms with van der Waals surface area (Å²) >= 11 is 1.87. The topological polar surface area (TPSA) is 29.3 Å². The number of pyridine rings is 1. The Bertz CT molecular complexity index is 3160. The van der Waals surface area contributed by atoms with Crippen molar-refractivity contribution in [2.75, 3.05) is 4.90 Å². The summed E-state index contributed by atoms with van der Waals surface area (Å²) in [5.74, 6) is 0. The maximum absolute atomic E-state index is 6.59. The number of aromatic nitrogens is 1. The number of hydrogen-bond donors (Lipinski definition) is 0. The van der Waals surface area contributed by atoms with Crippen LogP contribution < -0.4 is 4.90 Å². The monoisotopic (exact) mass is 694 g/mol. The van der Waals surface area contributed by atoms with E-state index in [9.17, 15) is 0 Å². The van der Waals surface area contributed by atoms with Crippen LogP contribution in [0.2, 0.25) is 0 Å². The molecule has 0 aliphatic carbocycles. The maximum atomic E-state index is 6.59. The molecule has 3 heterocycles. The van der Waals surface area contributed by atoms with E-state index in [0.29, 0.717) is 0 Å². The van der Waals surface area contributed by atoms with Gasteiger partial charge in [-0.2, -0.15) is 0 Å². The van der Waals surface area contributed by atoms with Crippen LogP contribution in [0.4, 0.5) is 17.1 Å². The summed E-state index contributed by atoms with van der Waals surface area (Å²) < 4.78 is 9.20. The van der Waals surface area contributed by atoms with Crippen molar-refractivity contribution < 1.29 is 4.42 Å². The third-order valence-electron chi connectivity index (χ3n) is 10.5. The average Bonchev–Trinajstić information content (AvgIpc) is 3.81. The first-order valence-electron chi connectivity index (χ1n) is 17.9. The molecule has 8 aromatic carbocycles. The number of rotatable bonds is 5. The molecule has 248 valence electrons. The minimum Gasteiger partial charge on any atom is -0.454 e. The molecule has 0 saturated heterocycles. The molecule has 0 aliphatic rings. The van der Waals surface area contributed by atoms with Crippen LogP contribution in [0.25, 0.3) is 86.2 Å². The van der Waals surface area contributed by atoms with Crippen molar-refractivity contribution in [3.63, 3.8) is 0 Å². The van der Waals surface area contributed by atoms with Crippen molar-refractivity contribution in [1.29, 1.82) is 0 Å². The van der Waals surface area contributed by atoms with Gasteiger partial charge in [0.15, 0.2) is 5.58 Å². The predicted molar refractivity (Wildman–Crippen MR) is 225 cm³/mol. The second kappa shape index (κ2) is 11.9. The largest absolute Gasteiger partial charge is 0.454 e. The number of hydrogen-bond acceptors (Lipinski definition) is 4. The van der Waals surface area contributed by atoms with Gasteiger partial charge in [-0.3, -0.25) is 0 Å². The lowest BCUT2D eigenvalue weighted by Gasteiger charge is -2.26. The van der Waals surface area contributed by atoms with E-state index in [1.54, 1.807) is 0 Å². The molecule has 53 heavy (non-hydrogen) atoms. The number of furan rings is 1. The predicted octanol–water partition coefficient (Wildman–Crippen LogP) is 14.5. The Morgan fingerprint density at radius 3 is 1.87 bits per heavy atom. The van der Waals surface area contributed by atoms with E-state index >= 15 is 0 Å². The van der Waals surface area contributed by atoms with Crippen LogP contribution in [0.1, 0.15) is 0 Å². The fourth-order valence-corrected chi connectivity index (χ4v) is 9.24. The van der Waals surface area contributed by atoms with Gasteiger partial charge in [-0.1, -0.05) is 133 Å². The molecule has 0 aliphatic heterocycles. The number of thiophene rings is 1. The zero-order valence-corrected chi connectivity index (χ0v) is 29.3. The Kier molecular flexibility index (Phi) is 6.73. The highest BCUT2D eigenvalue weighted by atomic mass is 32.1. The molecule has 0 radical (unpaired) electrons. The van der Waals surface area contributed by atoms with Gasteiger partial charge < -0.3 is 9.32 Å². The zero-order chi connectivity index (χ0) is 34.9. The summed E-state index contributed by atoms with van der Waals surface area (Å²) in [4.78, 5) is 7.61. The fourth-order valence-electron chi connectivity index (χ4n) is 7.97. The van der Waals surface area contributed by atoms with Gasteiger partial charge in [0.25, 0.3) is 0 Å². The van der Waals surface area contributed by atoms with Gasteiger partial charge in [-0.15, -0.1) is 11.3 Å². The first-order chi connectivity index (χ1) is 26.3. The van der Waals surface area contributed by atoms with Crippen LogP contribution in [0, 0.1) is 0 Å². The third-order valence-corrected chi connectivity index (χ3v) is 11.7. The summed E-state index contributed by atoms with van der Waals surface area (Å²) in [7, 11) is 0. The SMILES string of the molecule is c1ccc(-c2ccc(N(c3ccc(-c4nc5ccccc5c5c4ccc4c6ccccc6sc45)cc3)c3cccc4c3oc3ccccc34)cc2)cc1. The summed E-state index contributed by atoms with van der Waals surface area (Å²) in [5, 5.41) is 8.42. The number of anilines is 3. The quantitative estimate of drug-likeness (QED) is 0.168. The molecule has 0 atom stereocenters. The lowest BCUT2D eigenvalue weighted by Crippen LogP contribution is -2.10. The van der Waals surface area contributed by atoms with Gasteiger partial charge in [0, 0.05) is 64.0 Å². The normalized spacial score (nSPS) is 11.8. The molecule has 3 aromatic heterocycles. The van der Waals surface area contributed by atoms with Crippen molar-refractivity contribution in [3.8, 4) is 22.4 Å². The molecule has 0 N–H and O–H groups in total. The Morgan fingerprint density at radius 1 is 0.434 bits per heavy atom. The molecule has 0 fully saturated rings. The highest BCUT2D eigenvalue weighted by Gasteiger charge is 2.21. The zero-order valence-electron chi connectivity index (χ0n) is 28.5. The molecule has 0 unspecified atom stereocenters. The van der Waals surface area contributed by atoms with Crippen molar-refractivity contribution >= 4 is 92.2 Å². The van der Waals surface area contributed by atoms with E-state index in [1.165, 1.54) is 42.1 Å². The Labute approximate surface area is 309 Å². The lowest BCUT2D eigenvalue weighted by atomic mass is 9.98. The molecular formula is C49H30N2OS. The van der Waals surface area contributed by atoms with E-state index in [4.69, 9.17) is 9.40 Å². The van der Waals surface area contributed by atoms with Gasteiger partial charge in [-0.05, 0) is 59.7 Å². The second-order valence-electron chi connectivity index (χ2n) is 13.5. The molecular weight excluding hydrogens is 665 g/mol. The van der Waals surface area contributed by atoms with Crippen molar-refractivity contribution in [2.24, 2.45) is 0 Å². The smallest absolute Gasteiger partial charge is 0.159 e. The van der Waals surface area contributed by atoms with Crippen LogP contribution in [0.3, 0.4) is 0 Å². The van der Waals surface area contributed by atoms with Crippen LogP contribution >= 0.6 is 11.3 Å². The second-order valence-corrected chi connectivity index (χ2v) is 14.5. The van der Waals surface area contributed by atoms with E-state index in [2.05, 4.69) is 175 Å².